The predicted molar refractivity (Wildman–Crippen MR) is 66.2 cm³/mol. The maximum absolute atomic E-state index is 2.21. The number of rotatable bonds is 2. The van der Waals surface area contributed by atoms with Gasteiger partial charge in [-0.1, -0.05) is 20.3 Å². The quantitative estimate of drug-likeness (QED) is 0.729. The SMILES string of the molecule is CCC.c1ccc([I-]c2ccccc2)cc1. The van der Waals surface area contributed by atoms with Gasteiger partial charge < -0.3 is 0 Å². The van der Waals surface area contributed by atoms with E-state index in [1.807, 2.05) is 0 Å². The summed E-state index contributed by atoms with van der Waals surface area (Å²) in [6.45, 7) is 4.25. The zero-order valence-corrected chi connectivity index (χ0v) is 12.0. The third kappa shape index (κ3) is 5.31. The van der Waals surface area contributed by atoms with E-state index >= 15 is 0 Å². The first-order valence-electron chi connectivity index (χ1n) is 5.61. The summed E-state index contributed by atoms with van der Waals surface area (Å²) in [6.07, 6.45) is 1.25. The first-order valence-corrected chi connectivity index (χ1v) is 7.77. The molecule has 2 aromatic rings. The summed E-state index contributed by atoms with van der Waals surface area (Å²) in [4.78, 5) is 0. The van der Waals surface area contributed by atoms with E-state index in [-0.39, 0.29) is 21.2 Å². The summed E-state index contributed by atoms with van der Waals surface area (Å²) < 4.78 is 2.96. The molecular formula is C15H18I-. The summed E-state index contributed by atoms with van der Waals surface area (Å²) in [7, 11) is 0. The molecule has 2 rings (SSSR count). The summed E-state index contributed by atoms with van der Waals surface area (Å²) in [6, 6.07) is 21.4. The van der Waals surface area contributed by atoms with Crippen LogP contribution in [0.2, 0.25) is 0 Å². The van der Waals surface area contributed by atoms with E-state index in [2.05, 4.69) is 74.5 Å². The molecule has 0 saturated carbocycles. The zero-order valence-electron chi connectivity index (χ0n) is 9.86. The van der Waals surface area contributed by atoms with E-state index in [1.165, 1.54) is 13.6 Å². The Labute approximate surface area is 109 Å². The summed E-state index contributed by atoms with van der Waals surface area (Å²) in [5.74, 6) is 0. The second-order valence-corrected chi connectivity index (χ2v) is 6.42. The van der Waals surface area contributed by atoms with Crippen LogP contribution in [0.25, 0.3) is 0 Å². The Morgan fingerprint density at radius 1 is 0.688 bits per heavy atom. The van der Waals surface area contributed by atoms with Gasteiger partial charge in [-0.25, -0.2) is 0 Å². The Morgan fingerprint density at radius 2 is 1.00 bits per heavy atom. The van der Waals surface area contributed by atoms with Gasteiger partial charge in [-0.15, -0.1) is 0 Å². The van der Waals surface area contributed by atoms with Crippen LogP contribution in [0.3, 0.4) is 0 Å². The molecule has 0 heterocycles. The fourth-order valence-electron chi connectivity index (χ4n) is 1.08. The predicted octanol–water partition coefficient (Wildman–Crippen LogP) is 1.23. The van der Waals surface area contributed by atoms with Crippen molar-refractivity contribution in [2.45, 2.75) is 20.3 Å². The van der Waals surface area contributed by atoms with Crippen molar-refractivity contribution in [3.8, 4) is 0 Å². The molecule has 0 saturated heterocycles. The molecule has 1 heteroatoms. The Kier molecular flexibility index (Phi) is 6.90. The van der Waals surface area contributed by atoms with E-state index in [0.717, 1.165) is 0 Å². The van der Waals surface area contributed by atoms with Crippen molar-refractivity contribution in [1.82, 2.24) is 0 Å². The van der Waals surface area contributed by atoms with Gasteiger partial charge in [0.1, 0.15) is 0 Å². The minimum atomic E-state index is 0.0287. The van der Waals surface area contributed by atoms with Crippen LogP contribution >= 0.6 is 0 Å². The van der Waals surface area contributed by atoms with Crippen molar-refractivity contribution in [3.05, 3.63) is 67.8 Å². The first kappa shape index (κ1) is 13.2. The van der Waals surface area contributed by atoms with Gasteiger partial charge in [-0.2, -0.15) is 0 Å². The average Bonchev–Trinajstić information content (AvgIpc) is 2.33. The molecule has 0 spiro atoms. The van der Waals surface area contributed by atoms with Crippen LogP contribution in [0.4, 0.5) is 0 Å². The first-order chi connectivity index (χ1) is 7.86. The molecule has 0 fully saturated rings. The van der Waals surface area contributed by atoms with Gasteiger partial charge in [0.2, 0.25) is 0 Å². The summed E-state index contributed by atoms with van der Waals surface area (Å²) in [5.41, 5.74) is 0. The molecule has 16 heavy (non-hydrogen) atoms. The van der Waals surface area contributed by atoms with E-state index in [4.69, 9.17) is 0 Å². The van der Waals surface area contributed by atoms with E-state index in [9.17, 15) is 0 Å². The molecule has 0 amide bonds. The van der Waals surface area contributed by atoms with Gasteiger partial charge in [-0.05, 0) is 0 Å². The Morgan fingerprint density at radius 3 is 1.31 bits per heavy atom. The van der Waals surface area contributed by atoms with Crippen LogP contribution in [0, 0.1) is 7.14 Å². The average molecular weight is 325 g/mol. The molecule has 0 unspecified atom stereocenters. The third-order valence-electron chi connectivity index (χ3n) is 1.68. The van der Waals surface area contributed by atoms with Gasteiger partial charge >= 0.3 is 89.0 Å². The second kappa shape index (κ2) is 8.34. The summed E-state index contributed by atoms with van der Waals surface area (Å²) in [5, 5.41) is 0. The third-order valence-corrected chi connectivity index (χ3v) is 4.37. The van der Waals surface area contributed by atoms with Crippen LogP contribution in [0.15, 0.2) is 60.7 Å². The second-order valence-electron chi connectivity index (χ2n) is 3.39. The number of halogens is 1. The topological polar surface area (TPSA) is 0 Å². The molecule has 0 bridgehead atoms. The molecular weight excluding hydrogens is 307 g/mol. The molecule has 0 atom stereocenters. The Bertz CT molecular complexity index is 330. The molecule has 0 radical (unpaired) electrons. The molecule has 0 N–H and O–H groups in total. The number of hydrogen-bond donors (Lipinski definition) is 0. The van der Waals surface area contributed by atoms with Crippen LogP contribution in [-0.2, 0) is 0 Å². The number of benzene rings is 2. The fourth-order valence-corrected chi connectivity index (χ4v) is 3.35. The molecule has 0 aliphatic heterocycles. The standard InChI is InChI=1S/C12H10I.C3H8/c1-3-7-11(8-4-1)13-12-9-5-2-6-10-12;1-3-2/h1-10H;3H2,1-2H3/q-1;. The molecule has 0 nitrogen and oxygen atoms in total. The van der Waals surface area contributed by atoms with Crippen molar-refractivity contribution in [3.63, 3.8) is 0 Å². The molecule has 0 aliphatic carbocycles. The molecule has 86 valence electrons. The van der Waals surface area contributed by atoms with Crippen molar-refractivity contribution < 1.29 is 21.2 Å². The number of hydrogen-bond acceptors (Lipinski definition) is 0. The van der Waals surface area contributed by atoms with Gasteiger partial charge in [0.25, 0.3) is 0 Å². The van der Waals surface area contributed by atoms with Crippen LogP contribution in [0.1, 0.15) is 20.3 Å². The fraction of sp³-hybridized carbons (Fsp3) is 0.200. The van der Waals surface area contributed by atoms with Gasteiger partial charge in [0.15, 0.2) is 0 Å². The molecule has 0 aromatic heterocycles. The van der Waals surface area contributed by atoms with Crippen LogP contribution < -0.4 is 21.2 Å². The Hall–Kier alpha value is -0.830. The zero-order chi connectivity index (χ0) is 11.6. The van der Waals surface area contributed by atoms with E-state index in [0.29, 0.717) is 0 Å². The molecule has 2 aromatic carbocycles. The van der Waals surface area contributed by atoms with Crippen LogP contribution in [0.5, 0.6) is 0 Å². The monoisotopic (exact) mass is 325 g/mol. The van der Waals surface area contributed by atoms with Crippen molar-refractivity contribution in [1.29, 1.82) is 0 Å². The van der Waals surface area contributed by atoms with E-state index < -0.39 is 0 Å². The van der Waals surface area contributed by atoms with E-state index in [1.54, 1.807) is 0 Å². The summed E-state index contributed by atoms with van der Waals surface area (Å²) >= 11 is 0.0287. The van der Waals surface area contributed by atoms with Crippen LogP contribution in [-0.4, -0.2) is 0 Å². The van der Waals surface area contributed by atoms with Gasteiger partial charge in [-0.3, -0.25) is 0 Å². The Balaban J connectivity index is 0.000000386. The van der Waals surface area contributed by atoms with Gasteiger partial charge in [0, 0.05) is 0 Å². The van der Waals surface area contributed by atoms with Gasteiger partial charge in [0.05, 0.1) is 0 Å². The normalized spacial score (nSPS) is 9.38. The minimum absolute atomic E-state index is 0.0287. The maximum atomic E-state index is 2.21. The van der Waals surface area contributed by atoms with Crippen molar-refractivity contribution in [2.24, 2.45) is 0 Å². The van der Waals surface area contributed by atoms with Crippen molar-refractivity contribution in [2.75, 3.05) is 0 Å². The molecule has 0 aliphatic rings. The van der Waals surface area contributed by atoms with Crippen molar-refractivity contribution >= 4 is 0 Å².